The van der Waals surface area contributed by atoms with Crippen LogP contribution in [-0.4, -0.2) is 28.0 Å². The van der Waals surface area contributed by atoms with Crippen LogP contribution in [0, 0.1) is 0 Å². The number of aryl methyl sites for hydroxylation is 1. The number of hydrogen-bond donors (Lipinski definition) is 0. The zero-order valence-corrected chi connectivity index (χ0v) is 22.0. The topological polar surface area (TPSA) is 107 Å². The number of benzene rings is 3. The first-order valence-corrected chi connectivity index (χ1v) is 13.3. The first-order chi connectivity index (χ1) is 19.1. The molecular formula is C29H25N5O4S. The molecule has 1 aromatic heterocycles. The molecule has 1 aliphatic rings. The molecule has 10 heteroatoms. The van der Waals surface area contributed by atoms with Crippen LogP contribution in [0.5, 0.6) is 5.75 Å². The van der Waals surface area contributed by atoms with Crippen molar-refractivity contribution >= 4 is 46.4 Å². The molecule has 0 radical (unpaired) electrons. The van der Waals surface area contributed by atoms with Gasteiger partial charge in [0, 0.05) is 5.75 Å². The van der Waals surface area contributed by atoms with Crippen molar-refractivity contribution in [2.75, 3.05) is 10.7 Å². The molecule has 0 saturated carbocycles. The molecule has 0 spiro atoms. The fourth-order valence-electron chi connectivity index (χ4n) is 3.71. The molecule has 0 fully saturated rings. The van der Waals surface area contributed by atoms with Crippen LogP contribution in [-0.2, 0) is 17.9 Å². The normalized spacial score (nSPS) is 14.6. The van der Waals surface area contributed by atoms with Gasteiger partial charge in [-0.2, -0.15) is 0 Å². The lowest BCUT2D eigenvalue weighted by molar-refractivity contribution is -0.759. The monoisotopic (exact) mass is 539 g/mol. The number of ether oxygens (including phenoxy) is 1. The van der Waals surface area contributed by atoms with Crippen LogP contribution in [0.2, 0.25) is 0 Å². The van der Waals surface area contributed by atoms with Gasteiger partial charge in [-0.25, -0.2) is 9.98 Å². The lowest BCUT2D eigenvalue weighted by Crippen LogP contribution is -2.32. The van der Waals surface area contributed by atoms with Crippen LogP contribution < -0.4 is 19.4 Å². The van der Waals surface area contributed by atoms with E-state index >= 15 is 0 Å². The molecule has 0 N–H and O–H groups in total. The van der Waals surface area contributed by atoms with E-state index in [0.29, 0.717) is 24.0 Å². The second-order valence-corrected chi connectivity index (χ2v) is 9.38. The van der Waals surface area contributed by atoms with Gasteiger partial charge in [0.1, 0.15) is 18.1 Å². The Balaban J connectivity index is 1.32. The summed E-state index contributed by atoms with van der Waals surface area (Å²) in [5.74, 6) is 0.123. The summed E-state index contributed by atoms with van der Waals surface area (Å²) >= 11 is 1.13. The molecule has 0 unspecified atom stereocenters. The molecule has 4 aromatic rings. The molecule has 0 aliphatic carbocycles. The number of nitrogens with zero attached hydrogens (tertiary/aromatic N) is 5. The number of carbonyl (C=O) groups is 1. The molecule has 0 bridgehead atoms. The van der Waals surface area contributed by atoms with Crippen molar-refractivity contribution in [3.63, 3.8) is 0 Å². The average Bonchev–Trinajstić information content (AvgIpc) is 3.56. The summed E-state index contributed by atoms with van der Waals surface area (Å²) in [5, 5.41) is 16.6. The van der Waals surface area contributed by atoms with Crippen LogP contribution in [0.25, 0.3) is 6.08 Å². The van der Waals surface area contributed by atoms with Gasteiger partial charge < -0.3 is 9.84 Å². The molecule has 196 valence electrons. The number of para-hydroxylation sites is 1. The highest BCUT2D eigenvalue weighted by Crippen LogP contribution is 2.29. The van der Waals surface area contributed by atoms with Crippen molar-refractivity contribution in [3.8, 4) is 5.75 Å². The number of rotatable bonds is 9. The molecule has 2 heterocycles. The van der Waals surface area contributed by atoms with Gasteiger partial charge in [-0.05, 0) is 54.3 Å². The first kappa shape index (κ1) is 25.9. The van der Waals surface area contributed by atoms with Crippen molar-refractivity contribution in [1.29, 1.82) is 0 Å². The second kappa shape index (κ2) is 12.2. The van der Waals surface area contributed by atoms with Crippen molar-refractivity contribution in [3.05, 3.63) is 108 Å². The molecule has 3 aromatic carbocycles. The van der Waals surface area contributed by atoms with E-state index in [0.717, 1.165) is 28.6 Å². The maximum Gasteiger partial charge on any atom is 0.320 e. The summed E-state index contributed by atoms with van der Waals surface area (Å²) in [4.78, 5) is 23.4. The van der Waals surface area contributed by atoms with E-state index in [1.165, 1.54) is 9.58 Å². The highest BCUT2D eigenvalue weighted by atomic mass is 32.2. The van der Waals surface area contributed by atoms with E-state index in [-0.39, 0.29) is 23.2 Å². The van der Waals surface area contributed by atoms with Gasteiger partial charge in [0.25, 0.3) is 12.1 Å². The number of thioether (sulfide) groups is 1. The average molecular weight is 540 g/mol. The molecule has 39 heavy (non-hydrogen) atoms. The number of carbonyl (C=O) groups excluding carboxylic acids is 1. The van der Waals surface area contributed by atoms with Gasteiger partial charge in [-0.15, -0.1) is 0 Å². The van der Waals surface area contributed by atoms with Crippen molar-refractivity contribution in [2.24, 2.45) is 9.98 Å². The van der Waals surface area contributed by atoms with E-state index < -0.39 is 5.90 Å². The zero-order valence-electron chi connectivity index (χ0n) is 21.1. The number of amidine groups is 1. The van der Waals surface area contributed by atoms with Crippen LogP contribution in [0.4, 0.5) is 11.6 Å². The Hall–Kier alpha value is -4.70. The summed E-state index contributed by atoms with van der Waals surface area (Å²) in [7, 11) is 0. The summed E-state index contributed by atoms with van der Waals surface area (Å²) in [5.41, 5.74) is 2.81. The van der Waals surface area contributed by atoms with Gasteiger partial charge in [-0.1, -0.05) is 77.1 Å². The maximum atomic E-state index is 13.4. The third-order valence-electron chi connectivity index (χ3n) is 5.66. The largest absolute Gasteiger partial charge is 0.861 e. The number of anilines is 1. The Bertz CT molecular complexity index is 1520. The summed E-state index contributed by atoms with van der Waals surface area (Å²) in [6.07, 6.45) is 3.27. The predicted molar refractivity (Wildman–Crippen MR) is 148 cm³/mol. The van der Waals surface area contributed by atoms with Gasteiger partial charge >= 0.3 is 5.88 Å². The quantitative estimate of drug-likeness (QED) is 0.137. The number of amides is 1. The summed E-state index contributed by atoms with van der Waals surface area (Å²) < 4.78 is 12.4. The first-order valence-electron chi connectivity index (χ1n) is 12.3. The molecule has 1 aliphatic heterocycles. The Morgan fingerprint density at radius 3 is 2.49 bits per heavy atom. The molecule has 0 saturated heterocycles. The van der Waals surface area contributed by atoms with Gasteiger partial charge in [0.2, 0.25) is 5.27 Å². The van der Waals surface area contributed by atoms with E-state index in [2.05, 4.69) is 15.3 Å². The lowest BCUT2D eigenvalue weighted by Gasteiger charge is -2.18. The van der Waals surface area contributed by atoms with Crippen molar-refractivity contribution in [1.82, 2.24) is 5.27 Å². The molecule has 9 nitrogen and oxygen atoms in total. The highest BCUT2D eigenvalue weighted by molar-refractivity contribution is 8.14. The Morgan fingerprint density at radius 2 is 1.79 bits per heavy atom. The van der Waals surface area contributed by atoms with Crippen LogP contribution >= 0.6 is 11.8 Å². The Labute approximate surface area is 229 Å². The Morgan fingerprint density at radius 1 is 1.08 bits per heavy atom. The minimum Gasteiger partial charge on any atom is -0.861 e. The third-order valence-corrected chi connectivity index (χ3v) is 6.58. The minimum atomic E-state index is -0.425. The zero-order chi connectivity index (χ0) is 27.0. The van der Waals surface area contributed by atoms with E-state index in [1.807, 2.05) is 91.9 Å². The molecule has 0 atom stereocenters. The molecular weight excluding hydrogens is 514 g/mol. The van der Waals surface area contributed by atoms with Gasteiger partial charge in [0.05, 0.1) is 5.69 Å². The fraction of sp³-hybridized carbons (Fsp3) is 0.138. The van der Waals surface area contributed by atoms with E-state index in [9.17, 15) is 9.90 Å². The highest BCUT2D eigenvalue weighted by Gasteiger charge is 2.31. The summed E-state index contributed by atoms with van der Waals surface area (Å²) in [6.45, 7) is 2.97. The van der Waals surface area contributed by atoms with E-state index in [1.54, 1.807) is 12.3 Å². The molecule has 1 amide bonds. The van der Waals surface area contributed by atoms with Crippen LogP contribution in [0.15, 0.2) is 111 Å². The van der Waals surface area contributed by atoms with Crippen LogP contribution in [0.3, 0.4) is 0 Å². The summed E-state index contributed by atoms with van der Waals surface area (Å²) in [6, 6.07) is 26.6. The third kappa shape index (κ3) is 6.60. The second-order valence-electron chi connectivity index (χ2n) is 8.43. The van der Waals surface area contributed by atoms with Crippen molar-refractivity contribution < 1.29 is 23.8 Å². The lowest BCUT2D eigenvalue weighted by atomic mass is 10.2. The Kier molecular flexibility index (Phi) is 8.13. The predicted octanol–water partition coefficient (Wildman–Crippen LogP) is 4.13. The molecule has 5 rings (SSSR count). The smallest absolute Gasteiger partial charge is 0.320 e. The van der Waals surface area contributed by atoms with Crippen LogP contribution in [0.1, 0.15) is 18.1 Å². The van der Waals surface area contributed by atoms with Gasteiger partial charge in [-0.3, -0.25) is 14.2 Å². The van der Waals surface area contributed by atoms with Crippen molar-refractivity contribution in [2.45, 2.75) is 20.1 Å². The number of aromatic nitrogens is 2. The number of aliphatic imine (C=N–C) groups is 2. The van der Waals surface area contributed by atoms with E-state index in [4.69, 9.17) is 9.26 Å². The van der Waals surface area contributed by atoms with Gasteiger partial charge in [0.15, 0.2) is 11.7 Å². The standard InChI is InChI=1S/C29H25N5O4S/c1-2-33-18-27(38-32-33)31-26(35)20-39-29-30-25(28(36)34(29)23-11-7-4-8-12-23)17-21-13-15-24(16-14-21)37-19-22-9-5-3-6-10-22/h3-18H,2,19-20H2,1H3/b25-17+. The SMILES string of the molecule is CC[n+]1cc(/N=C(/[O-])CSC2=N/C(=C/c3ccc(OCc4ccccc4)cc3)C(=O)N2c2ccccc2)on1. The number of hydrogen-bond acceptors (Lipinski definition) is 8. The maximum absolute atomic E-state index is 13.4. The minimum absolute atomic E-state index is 0.0248. The fourth-order valence-corrected chi connectivity index (χ4v) is 4.50.